The van der Waals surface area contributed by atoms with Crippen molar-refractivity contribution < 1.29 is 9.66 Å². The molecule has 7 nitrogen and oxygen atoms in total. The summed E-state index contributed by atoms with van der Waals surface area (Å²) in [5, 5.41) is 14.2. The second kappa shape index (κ2) is 8.62. The smallest absolute Gasteiger partial charge is 0.311 e. The van der Waals surface area contributed by atoms with E-state index in [4.69, 9.17) is 4.74 Å². The van der Waals surface area contributed by atoms with Crippen molar-refractivity contribution in [2.24, 2.45) is 5.92 Å². The Kier molecular flexibility index (Phi) is 6.01. The van der Waals surface area contributed by atoms with Gasteiger partial charge >= 0.3 is 5.69 Å². The van der Waals surface area contributed by atoms with Crippen LogP contribution in [0.4, 0.5) is 11.5 Å². The van der Waals surface area contributed by atoms with Gasteiger partial charge in [0.15, 0.2) is 0 Å². The number of nitrogens with zero attached hydrogens (tertiary/aromatic N) is 3. The molecule has 0 spiro atoms. The molecule has 3 rings (SSSR count). The van der Waals surface area contributed by atoms with Crippen LogP contribution in [0.2, 0.25) is 0 Å². The van der Waals surface area contributed by atoms with Gasteiger partial charge in [0.25, 0.3) is 0 Å². The predicted octanol–water partition coefficient (Wildman–Crippen LogP) is 3.32. The highest BCUT2D eigenvalue weighted by Gasteiger charge is 2.21. The average molecular weight is 356 g/mol. The Morgan fingerprint density at radius 1 is 1.27 bits per heavy atom. The summed E-state index contributed by atoms with van der Waals surface area (Å²) in [4.78, 5) is 17.2. The Labute approximate surface area is 153 Å². The Morgan fingerprint density at radius 3 is 2.65 bits per heavy atom. The highest BCUT2D eigenvalue weighted by Crippen LogP contribution is 2.24. The van der Waals surface area contributed by atoms with Gasteiger partial charge in [-0.2, -0.15) is 0 Å². The van der Waals surface area contributed by atoms with E-state index in [1.54, 1.807) is 19.4 Å². The van der Waals surface area contributed by atoms with E-state index in [9.17, 15) is 10.1 Å². The number of anilines is 1. The van der Waals surface area contributed by atoms with Gasteiger partial charge in [0.1, 0.15) is 5.75 Å². The molecule has 0 amide bonds. The number of piperidine rings is 1. The molecule has 138 valence electrons. The van der Waals surface area contributed by atoms with Crippen molar-refractivity contribution in [3.63, 3.8) is 0 Å². The lowest BCUT2D eigenvalue weighted by molar-refractivity contribution is -0.384. The number of hydrogen-bond acceptors (Lipinski definition) is 6. The van der Waals surface area contributed by atoms with Crippen LogP contribution in [0.25, 0.3) is 0 Å². The quantitative estimate of drug-likeness (QED) is 0.605. The molecule has 1 N–H and O–H groups in total. The summed E-state index contributed by atoms with van der Waals surface area (Å²) in [5.74, 6) is 1.74. The van der Waals surface area contributed by atoms with E-state index >= 15 is 0 Å². The molecule has 0 radical (unpaired) electrons. The van der Waals surface area contributed by atoms with Gasteiger partial charge < -0.3 is 10.1 Å². The summed E-state index contributed by atoms with van der Waals surface area (Å²) in [6, 6.07) is 11.3. The molecule has 1 fully saturated rings. The minimum absolute atomic E-state index is 0.0319. The summed E-state index contributed by atoms with van der Waals surface area (Å²) in [6.45, 7) is 3.72. The van der Waals surface area contributed by atoms with Crippen molar-refractivity contribution in [1.82, 2.24) is 9.88 Å². The van der Waals surface area contributed by atoms with E-state index in [1.807, 2.05) is 12.1 Å². The molecule has 2 aromatic rings. The lowest BCUT2D eigenvalue weighted by atomic mass is 9.96. The van der Waals surface area contributed by atoms with Gasteiger partial charge in [-0.05, 0) is 55.6 Å². The van der Waals surface area contributed by atoms with Crippen LogP contribution in [0.5, 0.6) is 5.75 Å². The number of ether oxygens (including phenoxy) is 1. The first kappa shape index (κ1) is 18.1. The van der Waals surface area contributed by atoms with E-state index < -0.39 is 4.92 Å². The summed E-state index contributed by atoms with van der Waals surface area (Å²) >= 11 is 0. The van der Waals surface area contributed by atoms with E-state index in [0.29, 0.717) is 18.3 Å². The van der Waals surface area contributed by atoms with Crippen LogP contribution in [-0.2, 0) is 6.54 Å². The number of nitro groups is 1. The minimum Gasteiger partial charge on any atom is -0.497 e. The SMILES string of the molecule is COc1ccc(CN2CCC(CNc3ncccc3[N+](=O)[O-])CC2)cc1. The summed E-state index contributed by atoms with van der Waals surface area (Å²) in [5.41, 5.74) is 1.32. The van der Waals surface area contributed by atoms with Crippen LogP contribution >= 0.6 is 0 Å². The molecular formula is C19H24N4O3. The molecule has 1 aliphatic rings. The Balaban J connectivity index is 1.46. The first-order valence-electron chi connectivity index (χ1n) is 8.84. The fourth-order valence-electron chi connectivity index (χ4n) is 3.26. The van der Waals surface area contributed by atoms with Gasteiger partial charge in [-0.1, -0.05) is 12.1 Å². The molecule has 0 aliphatic carbocycles. The third-order valence-corrected chi connectivity index (χ3v) is 4.81. The first-order chi connectivity index (χ1) is 12.7. The molecule has 2 heterocycles. The maximum absolute atomic E-state index is 11.0. The fraction of sp³-hybridized carbons (Fsp3) is 0.421. The molecule has 1 saturated heterocycles. The van der Waals surface area contributed by atoms with Gasteiger partial charge in [-0.3, -0.25) is 15.0 Å². The monoisotopic (exact) mass is 356 g/mol. The zero-order chi connectivity index (χ0) is 18.4. The van der Waals surface area contributed by atoms with Gasteiger partial charge in [0, 0.05) is 25.4 Å². The van der Waals surface area contributed by atoms with Crippen molar-refractivity contribution in [1.29, 1.82) is 0 Å². The molecule has 0 bridgehead atoms. The number of benzene rings is 1. The second-order valence-electron chi connectivity index (χ2n) is 6.58. The molecule has 1 aromatic carbocycles. The molecule has 0 atom stereocenters. The number of aromatic nitrogens is 1. The first-order valence-corrected chi connectivity index (χ1v) is 8.84. The zero-order valence-corrected chi connectivity index (χ0v) is 14.9. The van der Waals surface area contributed by atoms with Crippen LogP contribution in [0.3, 0.4) is 0 Å². The number of methoxy groups -OCH3 is 1. The molecule has 26 heavy (non-hydrogen) atoms. The number of likely N-dealkylation sites (tertiary alicyclic amines) is 1. The minimum atomic E-state index is -0.396. The van der Waals surface area contributed by atoms with Gasteiger partial charge in [-0.15, -0.1) is 0 Å². The number of pyridine rings is 1. The number of nitrogens with one attached hydrogen (secondary N) is 1. The summed E-state index contributed by atoms with van der Waals surface area (Å²) < 4.78 is 5.19. The Morgan fingerprint density at radius 2 is 2.00 bits per heavy atom. The summed E-state index contributed by atoms with van der Waals surface area (Å²) in [7, 11) is 1.67. The third kappa shape index (κ3) is 4.70. The highest BCUT2D eigenvalue weighted by molar-refractivity contribution is 5.55. The molecule has 0 unspecified atom stereocenters. The fourth-order valence-corrected chi connectivity index (χ4v) is 3.26. The lowest BCUT2D eigenvalue weighted by Crippen LogP contribution is -2.35. The van der Waals surface area contributed by atoms with E-state index in [-0.39, 0.29) is 5.69 Å². The van der Waals surface area contributed by atoms with E-state index in [1.165, 1.54) is 11.6 Å². The molecule has 1 aromatic heterocycles. The van der Waals surface area contributed by atoms with Crippen molar-refractivity contribution in [2.45, 2.75) is 19.4 Å². The van der Waals surface area contributed by atoms with Gasteiger partial charge in [0.05, 0.1) is 12.0 Å². The third-order valence-electron chi connectivity index (χ3n) is 4.81. The maximum atomic E-state index is 11.0. The summed E-state index contributed by atoms with van der Waals surface area (Å²) in [6.07, 6.45) is 3.72. The molecule has 7 heteroatoms. The second-order valence-corrected chi connectivity index (χ2v) is 6.58. The van der Waals surface area contributed by atoms with Crippen molar-refractivity contribution in [3.05, 3.63) is 58.3 Å². The van der Waals surface area contributed by atoms with Crippen LogP contribution < -0.4 is 10.1 Å². The topological polar surface area (TPSA) is 80.5 Å². The van der Waals surface area contributed by atoms with Crippen molar-refractivity contribution in [2.75, 3.05) is 32.1 Å². The van der Waals surface area contributed by atoms with Crippen LogP contribution in [0, 0.1) is 16.0 Å². The van der Waals surface area contributed by atoms with Crippen LogP contribution in [-0.4, -0.2) is 41.6 Å². The predicted molar refractivity (Wildman–Crippen MR) is 100 cm³/mol. The Bertz CT molecular complexity index is 728. The lowest BCUT2D eigenvalue weighted by Gasteiger charge is -2.32. The van der Waals surface area contributed by atoms with Crippen LogP contribution in [0.1, 0.15) is 18.4 Å². The highest BCUT2D eigenvalue weighted by atomic mass is 16.6. The van der Waals surface area contributed by atoms with Gasteiger partial charge in [0.2, 0.25) is 5.82 Å². The van der Waals surface area contributed by atoms with E-state index in [0.717, 1.165) is 38.2 Å². The van der Waals surface area contributed by atoms with E-state index in [2.05, 4.69) is 27.3 Å². The standard InChI is InChI=1S/C19H24N4O3/c1-26-17-6-4-16(5-7-17)14-22-11-8-15(9-12-22)13-21-19-18(23(24)25)3-2-10-20-19/h2-7,10,15H,8-9,11-14H2,1H3,(H,20,21). The average Bonchev–Trinajstić information content (AvgIpc) is 2.68. The molecular weight excluding hydrogens is 332 g/mol. The molecule has 1 aliphatic heterocycles. The Hall–Kier alpha value is -2.67. The molecule has 0 saturated carbocycles. The van der Waals surface area contributed by atoms with Crippen molar-refractivity contribution in [3.8, 4) is 5.75 Å². The number of rotatable bonds is 7. The van der Waals surface area contributed by atoms with Crippen molar-refractivity contribution >= 4 is 11.5 Å². The number of hydrogen-bond donors (Lipinski definition) is 1. The van der Waals surface area contributed by atoms with Gasteiger partial charge in [-0.25, -0.2) is 4.98 Å². The van der Waals surface area contributed by atoms with Crippen LogP contribution in [0.15, 0.2) is 42.6 Å². The maximum Gasteiger partial charge on any atom is 0.311 e. The largest absolute Gasteiger partial charge is 0.497 e. The normalized spacial score (nSPS) is 15.6. The zero-order valence-electron chi connectivity index (χ0n) is 14.9.